The van der Waals surface area contributed by atoms with Crippen LogP contribution < -0.4 is 0 Å². The van der Waals surface area contributed by atoms with Crippen LogP contribution in [0.3, 0.4) is 0 Å². The van der Waals surface area contributed by atoms with E-state index in [0.717, 1.165) is 0 Å². The Kier molecular flexibility index (Phi) is 30.4. The van der Waals surface area contributed by atoms with Gasteiger partial charge in [-0.2, -0.15) is 0 Å². The van der Waals surface area contributed by atoms with Crippen LogP contribution in [-0.4, -0.2) is 29.1 Å². The average Bonchev–Trinajstić information content (AvgIpc) is 3.43. The van der Waals surface area contributed by atoms with Gasteiger partial charge >= 0.3 is 0 Å². The number of hydrogen-bond donors (Lipinski definition) is 0. The molecule has 0 spiro atoms. The zero-order valence-corrected chi connectivity index (χ0v) is 31.2. The fourth-order valence-electron chi connectivity index (χ4n) is 7.40. The quantitative estimate of drug-likeness (QED) is 0.0654. The van der Waals surface area contributed by atoms with E-state index in [4.69, 9.17) is 0 Å². The van der Waals surface area contributed by atoms with Gasteiger partial charge in [0.1, 0.15) is 6.17 Å². The number of hydrogen-bond acceptors (Lipinski definition) is 2. The van der Waals surface area contributed by atoms with Crippen molar-refractivity contribution in [1.82, 2.24) is 9.80 Å². The third-order valence-corrected chi connectivity index (χ3v) is 10.3. The Labute approximate surface area is 280 Å². The summed E-state index contributed by atoms with van der Waals surface area (Å²) in [5, 5.41) is 0. The molecule has 2 heteroatoms. The van der Waals surface area contributed by atoms with Crippen LogP contribution in [0.25, 0.3) is 0 Å². The fraction of sp³-hybridized carbons (Fsp3) is 0.952. The largest absolute Gasteiger partial charge is 0.356 e. The first kappa shape index (κ1) is 41.4. The number of unbranched alkanes of at least 4 members (excludes halogenated alkanes) is 30. The van der Waals surface area contributed by atoms with E-state index in [0.29, 0.717) is 12.1 Å². The molecule has 0 aromatic heterocycles. The lowest BCUT2D eigenvalue weighted by molar-refractivity contribution is 0.104. The van der Waals surface area contributed by atoms with Crippen molar-refractivity contribution in [3.63, 3.8) is 0 Å². The van der Waals surface area contributed by atoms with Gasteiger partial charge in [-0.05, 0) is 18.8 Å². The van der Waals surface area contributed by atoms with Crippen LogP contribution in [0.4, 0.5) is 0 Å². The summed E-state index contributed by atoms with van der Waals surface area (Å²) in [6, 6.07) is 0. The zero-order chi connectivity index (χ0) is 31.8. The molecule has 0 aromatic rings. The predicted octanol–water partition coefficient (Wildman–Crippen LogP) is 14.6. The average molecular weight is 617 g/mol. The molecule has 2 nitrogen and oxygen atoms in total. The van der Waals surface area contributed by atoms with E-state index in [9.17, 15) is 0 Å². The Bertz CT molecular complexity index is 538. The smallest absolute Gasteiger partial charge is 0.103 e. The highest BCUT2D eigenvalue weighted by atomic mass is 15.4. The molecule has 0 saturated carbocycles. The molecule has 0 unspecified atom stereocenters. The van der Waals surface area contributed by atoms with Crippen molar-refractivity contribution in [2.75, 3.05) is 13.1 Å². The second kappa shape index (κ2) is 32.3. The topological polar surface area (TPSA) is 6.48 Å². The minimum absolute atomic E-state index is 0.586. The molecule has 0 radical (unpaired) electrons. The minimum Gasteiger partial charge on any atom is -0.356 e. The number of nitrogens with zero attached hydrogens (tertiary/aromatic N) is 2. The Morgan fingerprint density at radius 1 is 0.341 bits per heavy atom. The van der Waals surface area contributed by atoms with Crippen molar-refractivity contribution in [1.29, 1.82) is 0 Å². The van der Waals surface area contributed by atoms with Crippen LogP contribution >= 0.6 is 0 Å². The van der Waals surface area contributed by atoms with E-state index in [1.54, 1.807) is 0 Å². The van der Waals surface area contributed by atoms with Gasteiger partial charge in [0.25, 0.3) is 0 Å². The Balaban J connectivity index is 1.91. The van der Waals surface area contributed by atoms with Crippen LogP contribution in [0, 0.1) is 5.92 Å². The maximum absolute atomic E-state index is 2.65. The third kappa shape index (κ3) is 24.6. The lowest BCUT2D eigenvalue weighted by Gasteiger charge is -2.36. The first-order valence-corrected chi connectivity index (χ1v) is 20.9. The molecule has 0 aromatic carbocycles. The first-order valence-electron chi connectivity index (χ1n) is 20.9. The van der Waals surface area contributed by atoms with Crippen molar-refractivity contribution in [2.45, 2.75) is 239 Å². The molecule has 1 aliphatic rings. The van der Waals surface area contributed by atoms with Crippen LogP contribution in [0.15, 0.2) is 12.4 Å². The van der Waals surface area contributed by atoms with Crippen LogP contribution in [0.2, 0.25) is 0 Å². The SMILES string of the molecule is CCCCCCCCCCCCCCCCCCN1C=CN(CCCCCCCCCCCCCCCCCC)C1C(C)C. The van der Waals surface area contributed by atoms with Crippen LogP contribution in [0.5, 0.6) is 0 Å². The molecule has 0 aliphatic carbocycles. The van der Waals surface area contributed by atoms with Gasteiger partial charge in [0, 0.05) is 25.5 Å². The van der Waals surface area contributed by atoms with E-state index in [2.05, 4.69) is 49.9 Å². The highest BCUT2D eigenvalue weighted by Crippen LogP contribution is 2.24. The van der Waals surface area contributed by atoms with Crippen LogP contribution in [-0.2, 0) is 0 Å². The summed E-state index contributed by atoms with van der Waals surface area (Å²) in [6.45, 7) is 11.9. The number of rotatable bonds is 35. The lowest BCUT2D eigenvalue weighted by atomic mass is 10.0. The van der Waals surface area contributed by atoms with Gasteiger partial charge in [0.15, 0.2) is 0 Å². The highest BCUT2D eigenvalue weighted by Gasteiger charge is 2.28. The highest BCUT2D eigenvalue weighted by molar-refractivity contribution is 4.98. The van der Waals surface area contributed by atoms with E-state index < -0.39 is 0 Å². The standard InChI is InChI=1S/C42H84N2/c1-5-7-9-11-13-15-17-19-21-23-25-27-29-31-33-35-37-43-39-40-44(42(43)41(3)4)38-36-34-32-30-28-26-24-22-20-18-16-14-12-10-8-6-2/h39-42H,5-38H2,1-4H3. The summed E-state index contributed by atoms with van der Waals surface area (Å²) < 4.78 is 0. The molecule has 0 amide bonds. The van der Waals surface area contributed by atoms with Gasteiger partial charge < -0.3 is 9.80 Å². The summed E-state index contributed by atoms with van der Waals surface area (Å²) in [7, 11) is 0. The van der Waals surface area contributed by atoms with Crippen molar-refractivity contribution >= 4 is 0 Å². The summed E-state index contributed by atoms with van der Waals surface area (Å²) in [5.74, 6) is 0.687. The van der Waals surface area contributed by atoms with E-state index >= 15 is 0 Å². The normalized spacial score (nSPS) is 13.8. The third-order valence-electron chi connectivity index (χ3n) is 10.3. The van der Waals surface area contributed by atoms with Crippen molar-refractivity contribution in [3.05, 3.63) is 12.4 Å². The molecular weight excluding hydrogens is 532 g/mol. The maximum atomic E-state index is 2.65. The molecule has 262 valence electrons. The molecule has 1 heterocycles. The summed E-state index contributed by atoms with van der Waals surface area (Å²) >= 11 is 0. The molecule has 0 fully saturated rings. The molecular formula is C42H84N2. The Hall–Kier alpha value is -0.660. The van der Waals surface area contributed by atoms with Gasteiger partial charge in [0.2, 0.25) is 0 Å². The summed E-state index contributed by atoms with van der Waals surface area (Å²) in [6.07, 6.45) is 51.7. The lowest BCUT2D eigenvalue weighted by Crippen LogP contribution is -2.43. The van der Waals surface area contributed by atoms with Gasteiger partial charge in [-0.25, -0.2) is 0 Å². The van der Waals surface area contributed by atoms with E-state index in [1.807, 2.05) is 0 Å². The molecule has 44 heavy (non-hydrogen) atoms. The zero-order valence-electron chi connectivity index (χ0n) is 31.2. The van der Waals surface area contributed by atoms with Crippen molar-refractivity contribution in [3.8, 4) is 0 Å². The molecule has 1 rings (SSSR count). The molecule has 0 N–H and O–H groups in total. The maximum Gasteiger partial charge on any atom is 0.103 e. The van der Waals surface area contributed by atoms with Gasteiger partial charge in [0.05, 0.1) is 0 Å². The minimum atomic E-state index is 0.586. The predicted molar refractivity (Wildman–Crippen MR) is 200 cm³/mol. The monoisotopic (exact) mass is 617 g/mol. The van der Waals surface area contributed by atoms with Crippen LogP contribution in [0.1, 0.15) is 233 Å². The molecule has 1 aliphatic heterocycles. The fourth-order valence-corrected chi connectivity index (χ4v) is 7.40. The van der Waals surface area contributed by atoms with E-state index in [-0.39, 0.29) is 0 Å². The van der Waals surface area contributed by atoms with Crippen molar-refractivity contribution in [2.24, 2.45) is 5.92 Å². The second-order valence-electron chi connectivity index (χ2n) is 15.0. The molecule has 0 saturated heterocycles. The Morgan fingerprint density at radius 3 is 0.750 bits per heavy atom. The Morgan fingerprint density at radius 2 is 0.545 bits per heavy atom. The van der Waals surface area contributed by atoms with Gasteiger partial charge in [-0.3, -0.25) is 0 Å². The van der Waals surface area contributed by atoms with E-state index in [1.165, 1.54) is 219 Å². The summed E-state index contributed by atoms with van der Waals surface area (Å²) in [4.78, 5) is 5.31. The second-order valence-corrected chi connectivity index (χ2v) is 15.0. The van der Waals surface area contributed by atoms with Gasteiger partial charge in [-0.15, -0.1) is 0 Å². The van der Waals surface area contributed by atoms with Gasteiger partial charge in [-0.1, -0.05) is 220 Å². The molecule has 0 atom stereocenters. The first-order chi connectivity index (χ1) is 21.7. The molecule has 0 bridgehead atoms. The summed E-state index contributed by atoms with van der Waals surface area (Å²) in [5.41, 5.74) is 0. The van der Waals surface area contributed by atoms with Crippen molar-refractivity contribution < 1.29 is 0 Å².